The second kappa shape index (κ2) is 9.22. The highest BCUT2D eigenvalue weighted by molar-refractivity contribution is 5.84. The van der Waals surface area contributed by atoms with Crippen LogP contribution >= 0.6 is 0 Å². The molecule has 1 saturated carbocycles. The highest BCUT2D eigenvalue weighted by Gasteiger charge is 2.34. The number of benzene rings is 1. The van der Waals surface area contributed by atoms with Crippen LogP contribution in [0.5, 0.6) is 0 Å². The van der Waals surface area contributed by atoms with Gasteiger partial charge in [-0.25, -0.2) is 0 Å². The lowest BCUT2D eigenvalue weighted by Gasteiger charge is -2.25. The second-order valence-corrected chi connectivity index (χ2v) is 6.38. The molecule has 2 atom stereocenters. The zero-order chi connectivity index (χ0) is 17.4. The van der Waals surface area contributed by atoms with Gasteiger partial charge >= 0.3 is 5.97 Å². The zero-order valence-electron chi connectivity index (χ0n) is 14.2. The second-order valence-electron chi connectivity index (χ2n) is 6.38. The van der Waals surface area contributed by atoms with Crippen LogP contribution in [0.1, 0.15) is 56.9 Å². The van der Waals surface area contributed by atoms with Crippen LogP contribution in [0.15, 0.2) is 30.3 Å². The molecular formula is C20H25NO3. The van der Waals surface area contributed by atoms with E-state index in [9.17, 15) is 14.9 Å². The summed E-state index contributed by atoms with van der Waals surface area (Å²) in [6.07, 6.45) is 5.45. The number of carbonyl (C=O) groups excluding carboxylic acids is 2. The summed E-state index contributed by atoms with van der Waals surface area (Å²) in [6.45, 7) is 1.95. The summed E-state index contributed by atoms with van der Waals surface area (Å²) in [4.78, 5) is 24.9. The molecule has 0 radical (unpaired) electrons. The van der Waals surface area contributed by atoms with Crippen molar-refractivity contribution in [1.29, 1.82) is 5.26 Å². The third-order valence-corrected chi connectivity index (χ3v) is 4.79. The number of nitriles is 1. The van der Waals surface area contributed by atoms with Crippen molar-refractivity contribution in [1.82, 2.24) is 0 Å². The average molecular weight is 327 g/mol. The van der Waals surface area contributed by atoms with Crippen LogP contribution in [0.4, 0.5) is 0 Å². The molecule has 0 saturated heterocycles. The van der Waals surface area contributed by atoms with Crippen LogP contribution in [0.2, 0.25) is 0 Å². The number of ketones is 1. The predicted octanol–water partition coefficient (Wildman–Crippen LogP) is 4.01. The molecule has 2 unspecified atom stereocenters. The molecule has 0 amide bonds. The summed E-state index contributed by atoms with van der Waals surface area (Å²) in [6, 6.07) is 11.4. The molecule has 0 heterocycles. The molecule has 1 aliphatic carbocycles. The molecule has 4 heteroatoms. The number of esters is 1. The summed E-state index contributed by atoms with van der Waals surface area (Å²) < 4.78 is 5.05. The number of hydrogen-bond acceptors (Lipinski definition) is 4. The Morgan fingerprint density at radius 2 is 1.88 bits per heavy atom. The fraction of sp³-hybridized carbons (Fsp3) is 0.550. The molecule has 1 aromatic carbocycles. The van der Waals surface area contributed by atoms with E-state index in [1.165, 1.54) is 6.42 Å². The quantitative estimate of drug-likeness (QED) is 0.710. The van der Waals surface area contributed by atoms with Crippen molar-refractivity contribution >= 4 is 11.8 Å². The number of hydrogen-bond donors (Lipinski definition) is 0. The maximum Gasteiger partial charge on any atom is 0.323 e. The normalized spacial score (nSPS) is 17.5. The number of nitrogens with zero attached hydrogens (tertiary/aromatic N) is 1. The number of Topliss-reactive ketones (excluding diaryl/α,β-unsaturated/α-hetero) is 1. The molecule has 1 aromatic rings. The minimum atomic E-state index is -0.945. The first-order chi connectivity index (χ1) is 11.7. The maximum absolute atomic E-state index is 12.7. The Kier molecular flexibility index (Phi) is 6.99. The van der Waals surface area contributed by atoms with Gasteiger partial charge in [-0.15, -0.1) is 0 Å². The van der Waals surface area contributed by atoms with E-state index in [-0.39, 0.29) is 24.7 Å². The number of rotatable bonds is 7. The summed E-state index contributed by atoms with van der Waals surface area (Å²) in [7, 11) is 0. The Hall–Kier alpha value is -2.15. The summed E-state index contributed by atoms with van der Waals surface area (Å²) in [5, 5.41) is 9.52. The van der Waals surface area contributed by atoms with Crippen molar-refractivity contribution in [3.63, 3.8) is 0 Å². The molecule has 0 aliphatic heterocycles. The molecule has 0 N–H and O–H groups in total. The van der Waals surface area contributed by atoms with E-state index in [0.29, 0.717) is 0 Å². The van der Waals surface area contributed by atoms with Gasteiger partial charge in [-0.05, 0) is 25.3 Å². The van der Waals surface area contributed by atoms with Crippen LogP contribution in [0.25, 0.3) is 0 Å². The molecule has 0 spiro atoms. The van der Waals surface area contributed by atoms with Gasteiger partial charge in [0.25, 0.3) is 0 Å². The minimum absolute atomic E-state index is 0.0755. The Bertz CT molecular complexity index is 585. The topological polar surface area (TPSA) is 67.2 Å². The van der Waals surface area contributed by atoms with Gasteiger partial charge in [-0.1, -0.05) is 49.6 Å². The fourth-order valence-electron chi connectivity index (χ4n) is 3.48. The molecule has 2 rings (SSSR count). The van der Waals surface area contributed by atoms with Crippen LogP contribution < -0.4 is 0 Å². The monoisotopic (exact) mass is 327 g/mol. The molecule has 1 fully saturated rings. The van der Waals surface area contributed by atoms with Crippen molar-refractivity contribution in [2.24, 2.45) is 11.8 Å². The van der Waals surface area contributed by atoms with Crippen LogP contribution in [0.3, 0.4) is 0 Å². The Labute approximate surface area is 143 Å². The first-order valence-electron chi connectivity index (χ1n) is 8.81. The third-order valence-electron chi connectivity index (χ3n) is 4.79. The van der Waals surface area contributed by atoms with Crippen LogP contribution in [-0.2, 0) is 14.3 Å². The van der Waals surface area contributed by atoms with Crippen molar-refractivity contribution in [2.45, 2.75) is 51.4 Å². The van der Waals surface area contributed by atoms with Crippen molar-refractivity contribution in [3.8, 4) is 6.07 Å². The van der Waals surface area contributed by atoms with Crippen LogP contribution in [0, 0.1) is 23.2 Å². The standard InChI is InChI=1S/C20H25NO3/c1-2-24-20(23)18(14-21)17(15-9-5-3-6-10-15)13-19(22)16-11-7-4-8-12-16/h3,5-6,9-10,16-18H,2,4,7-8,11-13H2,1H3. The van der Waals surface area contributed by atoms with Crippen molar-refractivity contribution in [3.05, 3.63) is 35.9 Å². The largest absolute Gasteiger partial charge is 0.465 e. The first-order valence-corrected chi connectivity index (χ1v) is 8.81. The molecule has 0 bridgehead atoms. The highest BCUT2D eigenvalue weighted by atomic mass is 16.5. The molecule has 24 heavy (non-hydrogen) atoms. The van der Waals surface area contributed by atoms with Gasteiger partial charge in [0.15, 0.2) is 5.92 Å². The Balaban J connectivity index is 2.21. The molecule has 0 aromatic heterocycles. The van der Waals surface area contributed by atoms with Crippen molar-refractivity contribution < 1.29 is 14.3 Å². The SMILES string of the molecule is CCOC(=O)C(C#N)C(CC(=O)C1CCCCC1)c1ccccc1. The van der Waals surface area contributed by atoms with Gasteiger partial charge in [0, 0.05) is 18.3 Å². The van der Waals surface area contributed by atoms with E-state index in [4.69, 9.17) is 4.74 Å². The number of ether oxygens (including phenoxy) is 1. The summed E-state index contributed by atoms with van der Waals surface area (Å²) in [5.74, 6) is -1.67. The lowest BCUT2D eigenvalue weighted by Crippen LogP contribution is -2.28. The number of carbonyl (C=O) groups is 2. The summed E-state index contributed by atoms with van der Waals surface area (Å²) in [5.41, 5.74) is 0.848. The van der Waals surface area contributed by atoms with Gasteiger partial charge in [0.1, 0.15) is 5.78 Å². The smallest absolute Gasteiger partial charge is 0.323 e. The first kappa shape index (κ1) is 18.2. The minimum Gasteiger partial charge on any atom is -0.465 e. The van der Waals surface area contributed by atoms with Gasteiger partial charge in [0.05, 0.1) is 12.7 Å². The maximum atomic E-state index is 12.7. The van der Waals surface area contributed by atoms with Gasteiger partial charge in [0.2, 0.25) is 0 Å². The van der Waals surface area contributed by atoms with E-state index < -0.39 is 17.8 Å². The predicted molar refractivity (Wildman–Crippen MR) is 91.1 cm³/mol. The molecule has 4 nitrogen and oxygen atoms in total. The molecular weight excluding hydrogens is 302 g/mol. The van der Waals surface area contributed by atoms with E-state index in [1.807, 2.05) is 30.3 Å². The van der Waals surface area contributed by atoms with E-state index in [1.54, 1.807) is 6.92 Å². The zero-order valence-corrected chi connectivity index (χ0v) is 14.2. The van der Waals surface area contributed by atoms with Gasteiger partial charge < -0.3 is 4.74 Å². The van der Waals surface area contributed by atoms with Gasteiger partial charge in [-0.2, -0.15) is 5.26 Å². The van der Waals surface area contributed by atoms with Crippen molar-refractivity contribution in [2.75, 3.05) is 6.61 Å². The van der Waals surface area contributed by atoms with E-state index in [2.05, 4.69) is 6.07 Å². The summed E-state index contributed by atoms with van der Waals surface area (Å²) >= 11 is 0. The van der Waals surface area contributed by atoms with E-state index >= 15 is 0 Å². The van der Waals surface area contributed by atoms with E-state index in [0.717, 1.165) is 31.2 Å². The molecule has 128 valence electrons. The van der Waals surface area contributed by atoms with Crippen LogP contribution in [-0.4, -0.2) is 18.4 Å². The third kappa shape index (κ3) is 4.67. The lowest BCUT2D eigenvalue weighted by atomic mass is 9.78. The molecule has 1 aliphatic rings. The lowest BCUT2D eigenvalue weighted by molar-refractivity contribution is -0.146. The Morgan fingerprint density at radius 3 is 2.46 bits per heavy atom. The average Bonchev–Trinajstić information content (AvgIpc) is 2.63. The van der Waals surface area contributed by atoms with Gasteiger partial charge in [-0.3, -0.25) is 9.59 Å². The highest BCUT2D eigenvalue weighted by Crippen LogP contribution is 2.33. The fourth-order valence-corrected chi connectivity index (χ4v) is 3.48. The Morgan fingerprint density at radius 1 is 1.21 bits per heavy atom.